The van der Waals surface area contributed by atoms with Crippen LogP contribution in [-0.2, 0) is 4.79 Å². The maximum absolute atomic E-state index is 12.1. The van der Waals surface area contributed by atoms with Gasteiger partial charge in [0.2, 0.25) is 0 Å². The lowest BCUT2D eigenvalue weighted by Crippen LogP contribution is -2.43. The van der Waals surface area contributed by atoms with Crippen molar-refractivity contribution in [3.8, 4) is 11.5 Å². The Morgan fingerprint density at radius 1 is 1.09 bits per heavy atom. The lowest BCUT2D eigenvalue weighted by Gasteiger charge is -2.11. The van der Waals surface area contributed by atoms with Crippen LogP contribution in [0.2, 0.25) is 0 Å². The van der Waals surface area contributed by atoms with Crippen molar-refractivity contribution in [3.05, 3.63) is 58.6 Å². The van der Waals surface area contributed by atoms with E-state index in [0.29, 0.717) is 17.1 Å². The number of para-hydroxylation sites is 1. The first kappa shape index (κ1) is 16.8. The molecule has 0 radical (unpaired) electrons. The fourth-order valence-electron chi connectivity index (χ4n) is 1.75. The molecule has 2 aromatic rings. The Labute approximate surface area is 141 Å². The first-order valence-electron chi connectivity index (χ1n) is 6.70. The van der Waals surface area contributed by atoms with Crippen molar-refractivity contribution in [1.29, 1.82) is 0 Å². The molecule has 0 fully saturated rings. The minimum absolute atomic E-state index is 0.208. The van der Waals surface area contributed by atoms with Gasteiger partial charge in [0.05, 0.1) is 12.7 Å². The van der Waals surface area contributed by atoms with Crippen LogP contribution >= 0.6 is 15.9 Å². The molecular formula is C16H15BrN2O4. The Balaban J connectivity index is 1.86. The van der Waals surface area contributed by atoms with Gasteiger partial charge in [0.1, 0.15) is 11.5 Å². The zero-order valence-electron chi connectivity index (χ0n) is 12.3. The second kappa shape index (κ2) is 8.19. The molecule has 0 aliphatic heterocycles. The number of hydrogen-bond donors (Lipinski definition) is 2. The third kappa shape index (κ3) is 5.00. The number of amides is 2. The molecule has 0 saturated heterocycles. The predicted octanol–water partition coefficient (Wildman–Crippen LogP) is 2.30. The van der Waals surface area contributed by atoms with Gasteiger partial charge in [-0.3, -0.25) is 20.4 Å². The number of benzene rings is 2. The van der Waals surface area contributed by atoms with Gasteiger partial charge in [0.25, 0.3) is 11.8 Å². The van der Waals surface area contributed by atoms with E-state index in [1.54, 1.807) is 42.5 Å². The zero-order chi connectivity index (χ0) is 16.7. The number of nitrogens with one attached hydrogen (secondary N) is 2. The fraction of sp³-hybridized carbons (Fsp3) is 0.125. The Kier molecular flexibility index (Phi) is 5.99. The monoisotopic (exact) mass is 378 g/mol. The minimum atomic E-state index is -0.490. The summed E-state index contributed by atoms with van der Waals surface area (Å²) < 4.78 is 11.1. The van der Waals surface area contributed by atoms with E-state index >= 15 is 0 Å². The average Bonchev–Trinajstić information content (AvgIpc) is 2.58. The second-order valence-electron chi connectivity index (χ2n) is 4.45. The molecule has 120 valence electrons. The van der Waals surface area contributed by atoms with Crippen molar-refractivity contribution in [2.24, 2.45) is 0 Å². The Morgan fingerprint density at radius 3 is 2.52 bits per heavy atom. The number of ether oxygens (including phenoxy) is 2. The lowest BCUT2D eigenvalue weighted by molar-refractivity contribution is -0.123. The minimum Gasteiger partial charge on any atom is -0.496 e. The van der Waals surface area contributed by atoms with Crippen LogP contribution in [0.25, 0.3) is 0 Å². The van der Waals surface area contributed by atoms with Crippen LogP contribution in [0.5, 0.6) is 11.5 Å². The summed E-state index contributed by atoms with van der Waals surface area (Å²) in [6.07, 6.45) is 0. The normalized spacial score (nSPS) is 9.83. The molecule has 0 aliphatic rings. The van der Waals surface area contributed by atoms with E-state index in [9.17, 15) is 9.59 Å². The quantitative estimate of drug-likeness (QED) is 0.782. The third-order valence-corrected chi connectivity index (χ3v) is 3.33. The number of carbonyl (C=O) groups is 2. The summed E-state index contributed by atoms with van der Waals surface area (Å²) in [5, 5.41) is 0. The van der Waals surface area contributed by atoms with Crippen molar-refractivity contribution in [2.45, 2.75) is 0 Å². The van der Waals surface area contributed by atoms with Crippen LogP contribution in [0.4, 0.5) is 0 Å². The largest absolute Gasteiger partial charge is 0.496 e. The van der Waals surface area contributed by atoms with E-state index in [-0.39, 0.29) is 6.61 Å². The molecule has 0 unspecified atom stereocenters. The molecule has 0 heterocycles. The Bertz CT molecular complexity index is 692. The van der Waals surface area contributed by atoms with Gasteiger partial charge < -0.3 is 9.47 Å². The summed E-state index contributed by atoms with van der Waals surface area (Å²) in [6.45, 7) is -0.208. The molecule has 2 aromatic carbocycles. The molecule has 6 nitrogen and oxygen atoms in total. The summed E-state index contributed by atoms with van der Waals surface area (Å²) in [7, 11) is 1.46. The highest BCUT2D eigenvalue weighted by molar-refractivity contribution is 9.10. The van der Waals surface area contributed by atoms with Crippen LogP contribution in [-0.4, -0.2) is 25.5 Å². The van der Waals surface area contributed by atoms with E-state index in [2.05, 4.69) is 26.8 Å². The van der Waals surface area contributed by atoms with E-state index in [4.69, 9.17) is 9.47 Å². The molecule has 7 heteroatoms. The summed E-state index contributed by atoms with van der Waals surface area (Å²) in [4.78, 5) is 23.8. The number of hydrazine groups is 1. The summed E-state index contributed by atoms with van der Waals surface area (Å²) >= 11 is 3.28. The van der Waals surface area contributed by atoms with Crippen LogP contribution < -0.4 is 20.3 Å². The van der Waals surface area contributed by atoms with Gasteiger partial charge in [-0.2, -0.15) is 0 Å². The van der Waals surface area contributed by atoms with Crippen LogP contribution in [0, 0.1) is 0 Å². The van der Waals surface area contributed by atoms with Crippen molar-refractivity contribution in [3.63, 3.8) is 0 Å². The van der Waals surface area contributed by atoms with E-state index in [0.717, 1.165) is 4.47 Å². The first-order valence-corrected chi connectivity index (χ1v) is 7.50. The molecule has 2 N–H and O–H groups in total. The van der Waals surface area contributed by atoms with E-state index < -0.39 is 11.8 Å². The second-order valence-corrected chi connectivity index (χ2v) is 5.36. The van der Waals surface area contributed by atoms with Crippen LogP contribution in [0.15, 0.2) is 53.0 Å². The SMILES string of the molecule is COc1ccc(Br)cc1C(=O)NNC(=O)COc1ccccc1. The van der Waals surface area contributed by atoms with Crippen LogP contribution in [0.1, 0.15) is 10.4 Å². The van der Waals surface area contributed by atoms with Gasteiger partial charge >= 0.3 is 0 Å². The number of carbonyl (C=O) groups excluding carboxylic acids is 2. The highest BCUT2D eigenvalue weighted by Crippen LogP contribution is 2.22. The van der Waals surface area contributed by atoms with Gasteiger partial charge in [-0.1, -0.05) is 34.1 Å². The molecular weight excluding hydrogens is 364 g/mol. The summed E-state index contributed by atoms with van der Waals surface area (Å²) in [5.41, 5.74) is 4.90. The molecule has 0 atom stereocenters. The highest BCUT2D eigenvalue weighted by atomic mass is 79.9. The maximum atomic E-state index is 12.1. The maximum Gasteiger partial charge on any atom is 0.276 e. The molecule has 2 amide bonds. The topological polar surface area (TPSA) is 76.7 Å². The van der Waals surface area contributed by atoms with Crippen molar-refractivity contribution < 1.29 is 19.1 Å². The lowest BCUT2D eigenvalue weighted by atomic mass is 10.2. The molecule has 0 saturated carbocycles. The fourth-order valence-corrected chi connectivity index (χ4v) is 2.11. The van der Waals surface area contributed by atoms with E-state index in [1.165, 1.54) is 7.11 Å². The third-order valence-electron chi connectivity index (χ3n) is 2.83. The molecule has 23 heavy (non-hydrogen) atoms. The van der Waals surface area contributed by atoms with Gasteiger partial charge in [-0.15, -0.1) is 0 Å². The van der Waals surface area contributed by atoms with Crippen molar-refractivity contribution in [1.82, 2.24) is 10.9 Å². The van der Waals surface area contributed by atoms with Crippen molar-refractivity contribution in [2.75, 3.05) is 13.7 Å². The molecule has 0 aliphatic carbocycles. The molecule has 0 bridgehead atoms. The first-order chi connectivity index (χ1) is 11.1. The standard InChI is InChI=1S/C16H15BrN2O4/c1-22-14-8-7-11(17)9-13(14)16(21)19-18-15(20)10-23-12-5-3-2-4-6-12/h2-9H,10H2,1H3,(H,18,20)(H,19,21). The zero-order valence-corrected chi connectivity index (χ0v) is 13.9. The summed E-state index contributed by atoms with van der Waals surface area (Å²) in [6, 6.07) is 13.9. The molecule has 2 rings (SSSR count). The number of hydrogen-bond acceptors (Lipinski definition) is 4. The summed E-state index contributed by atoms with van der Waals surface area (Å²) in [5.74, 6) is 0.00972. The van der Waals surface area contributed by atoms with Crippen molar-refractivity contribution >= 4 is 27.7 Å². The van der Waals surface area contributed by atoms with Gasteiger partial charge in [-0.25, -0.2) is 0 Å². The number of rotatable bonds is 5. The van der Waals surface area contributed by atoms with Crippen LogP contribution in [0.3, 0.4) is 0 Å². The van der Waals surface area contributed by atoms with Gasteiger partial charge in [0.15, 0.2) is 6.61 Å². The predicted molar refractivity (Wildman–Crippen MR) is 88.2 cm³/mol. The average molecular weight is 379 g/mol. The van der Waals surface area contributed by atoms with Gasteiger partial charge in [0, 0.05) is 4.47 Å². The molecule has 0 aromatic heterocycles. The Morgan fingerprint density at radius 2 is 1.83 bits per heavy atom. The van der Waals surface area contributed by atoms with Gasteiger partial charge in [-0.05, 0) is 30.3 Å². The Hall–Kier alpha value is -2.54. The molecule has 0 spiro atoms. The smallest absolute Gasteiger partial charge is 0.276 e. The highest BCUT2D eigenvalue weighted by Gasteiger charge is 2.13. The van der Waals surface area contributed by atoms with E-state index in [1.807, 2.05) is 6.07 Å². The number of methoxy groups -OCH3 is 1. The number of halogens is 1.